The normalized spacial score (nSPS) is 0. The summed E-state index contributed by atoms with van der Waals surface area (Å²) in [6, 6.07) is 0. The summed E-state index contributed by atoms with van der Waals surface area (Å²) < 4.78 is 0. The molecule has 0 saturated carbocycles. The molecule has 61 heavy (non-hydrogen) atoms. The van der Waals surface area contributed by atoms with Gasteiger partial charge in [-0.3, -0.25) is 0 Å². The molecule has 0 aliphatic heterocycles. The Morgan fingerprint density at radius 1 is 0.0328 bits per heavy atom. The molecule has 0 rings (SSSR count). The molecule has 0 spiro atoms. The molecular formula is Co33Sm28. The van der Waals surface area contributed by atoms with E-state index >= 15 is 0 Å². The molecule has 61 heteroatoms. The van der Waals surface area contributed by atoms with Crippen LogP contribution in [0, 0.1) is 1130 Å². The van der Waals surface area contributed by atoms with Crippen LogP contribution in [0.25, 0.3) is 0 Å². The van der Waals surface area contributed by atoms with Crippen molar-refractivity contribution >= 4 is 0 Å². The average Bonchev–Trinajstić information content (AvgIpc) is 0. The SMILES string of the molecule is [Co].[Co].[Co].[Co].[Co].[Co].[Co].[Co].[Co].[Co].[Co].[Co].[Co].[Co].[Co].[Co].[Co].[Co].[Co].[Co].[Co].[Co].[Co].[Co].[Co].[Co].[Co].[Co].[Co].[Co].[Co].[Co].[Co].[Sm].[Sm].[Sm].[Sm].[Sm].[Sm].[Sm].[Sm].[Sm].[Sm].[Sm].[Sm].[Sm].[Sm].[Sm].[Sm].[Sm].[Sm].[Sm].[Sm].[Sm].[Sm].[Sm].[Sm].[Sm].[Sm].[Sm].[Sm]. The van der Waals surface area contributed by atoms with E-state index in [4.69, 9.17) is 0 Å². The van der Waals surface area contributed by atoms with Crippen molar-refractivity contribution in [3.8, 4) is 0 Å². The Morgan fingerprint density at radius 2 is 0.0328 bits per heavy atom. The second-order valence-corrected chi connectivity index (χ2v) is 0. The van der Waals surface area contributed by atoms with E-state index in [9.17, 15) is 0 Å². The Morgan fingerprint density at radius 3 is 0.0328 bits per heavy atom. The van der Waals surface area contributed by atoms with E-state index in [-0.39, 0.29) is 1680 Å². The average molecular weight is 6150 g/mol. The van der Waals surface area contributed by atoms with Gasteiger partial charge in [-0.05, 0) is 0 Å². The van der Waals surface area contributed by atoms with Crippen LogP contribution in [-0.4, -0.2) is 0 Å². The Hall–Kier alpha value is 54.2. The molecule has 0 unspecified atom stereocenters. The van der Waals surface area contributed by atoms with Crippen molar-refractivity contribution in [1.29, 1.82) is 0 Å². The molecule has 0 bridgehead atoms. The van der Waals surface area contributed by atoms with Gasteiger partial charge in [0.05, 0.1) is 0 Å². The van der Waals surface area contributed by atoms with Gasteiger partial charge in [0.1, 0.15) is 0 Å². The van der Waals surface area contributed by atoms with Crippen molar-refractivity contribution in [3.05, 3.63) is 0 Å². The van der Waals surface area contributed by atoms with Crippen LogP contribution in [0.2, 0.25) is 0 Å². The van der Waals surface area contributed by atoms with Gasteiger partial charge in [-0.2, -0.15) is 0 Å². The zero-order valence-electron chi connectivity index (χ0n) is 22.4. The monoisotopic (exact) mass is 6200 g/mol. The number of rotatable bonds is 0. The zero-order valence-corrected chi connectivity index (χ0v) is 130. The fourth-order valence-electron chi connectivity index (χ4n) is 0. The summed E-state index contributed by atoms with van der Waals surface area (Å²) in [5, 5.41) is 0. The summed E-state index contributed by atoms with van der Waals surface area (Å²) >= 11 is 0. The van der Waals surface area contributed by atoms with Crippen molar-refractivity contribution in [1.82, 2.24) is 0 Å². The van der Waals surface area contributed by atoms with Gasteiger partial charge in [-0.1, -0.05) is 0 Å². The molecule has 0 N–H and O–H groups in total. The van der Waals surface area contributed by atoms with E-state index in [1.54, 1.807) is 0 Å². The van der Waals surface area contributed by atoms with Crippen LogP contribution in [0.5, 0.6) is 0 Å². The summed E-state index contributed by atoms with van der Waals surface area (Å²) in [5.41, 5.74) is 0. The molecule has 0 aromatic carbocycles. The standard InChI is InChI=1S/33Co.28Sm. The van der Waals surface area contributed by atoms with E-state index in [0.29, 0.717) is 0 Å². The predicted octanol–water partition coefficient (Wildman–Crippen LogP) is -0.0825. The molecule has 0 aromatic rings. The number of hydrogen-bond acceptors (Lipinski definition) is 0. The molecule has 0 fully saturated rings. The summed E-state index contributed by atoms with van der Waals surface area (Å²) in [7, 11) is 0. The third-order valence-electron chi connectivity index (χ3n) is 0. The van der Waals surface area contributed by atoms with Crippen molar-refractivity contribution in [3.63, 3.8) is 0 Å². The largest absolute Gasteiger partial charge is 0 e. The molecule has 33 radical (unpaired) electrons. The molecule has 0 aliphatic rings. The Balaban J connectivity index is 0. The molecule has 0 nitrogen and oxygen atoms in total. The van der Waals surface area contributed by atoms with E-state index in [1.807, 2.05) is 0 Å². The summed E-state index contributed by atoms with van der Waals surface area (Å²) in [5.74, 6) is 0. The van der Waals surface area contributed by atoms with Gasteiger partial charge in [0.15, 0.2) is 0 Å². The van der Waals surface area contributed by atoms with Crippen molar-refractivity contribution in [2.45, 2.75) is 0 Å². The fourth-order valence-corrected chi connectivity index (χ4v) is 0. The second kappa shape index (κ2) is 498. The Labute approximate surface area is 1620 Å². The minimum Gasteiger partial charge on any atom is 0 e. The van der Waals surface area contributed by atoms with Gasteiger partial charge in [-0.15, -0.1) is 0 Å². The Bertz CT molecular complexity index is 60.7. The van der Waals surface area contributed by atoms with Gasteiger partial charge in [0.2, 0.25) is 0 Å². The summed E-state index contributed by atoms with van der Waals surface area (Å²) in [6.45, 7) is 0. The fraction of sp³-hybridized carbons (Fsp3) is 0. The summed E-state index contributed by atoms with van der Waals surface area (Å²) in [4.78, 5) is 0. The molecule has 0 heterocycles. The van der Waals surface area contributed by atoms with E-state index in [0.717, 1.165) is 0 Å². The van der Waals surface area contributed by atoms with Gasteiger partial charge in [0, 0.05) is 1680 Å². The van der Waals surface area contributed by atoms with E-state index < -0.39 is 0 Å². The van der Waals surface area contributed by atoms with E-state index in [2.05, 4.69) is 0 Å². The number of hydrogen-bond donors (Lipinski definition) is 0. The predicted molar refractivity (Wildman–Crippen MR) is 0 cm³/mol. The van der Waals surface area contributed by atoms with Crippen molar-refractivity contribution in [2.75, 3.05) is 0 Å². The van der Waals surface area contributed by atoms with Crippen molar-refractivity contribution in [2.24, 2.45) is 0 Å². The first-order valence-electron chi connectivity index (χ1n) is 0. The first kappa shape index (κ1) is 512. The quantitative estimate of drug-likeness (QED) is 0.319. The van der Waals surface area contributed by atoms with Crippen LogP contribution in [0.3, 0.4) is 0 Å². The minimum absolute atomic E-state index is 0. The molecule has 0 saturated heterocycles. The van der Waals surface area contributed by atoms with E-state index in [1.165, 1.54) is 0 Å². The van der Waals surface area contributed by atoms with Crippen LogP contribution < -0.4 is 0 Å². The molecule has 0 aliphatic carbocycles. The third-order valence-corrected chi connectivity index (χ3v) is 0. The molecule has 0 amide bonds. The van der Waals surface area contributed by atoms with Gasteiger partial charge in [-0.25, -0.2) is 0 Å². The molecular weight excluding hydrogens is 6150 g/mol. The van der Waals surface area contributed by atoms with Crippen LogP contribution in [0.4, 0.5) is 0 Å². The maximum atomic E-state index is 0. The summed E-state index contributed by atoms with van der Waals surface area (Å²) in [6.07, 6.45) is 0. The topological polar surface area (TPSA) is 0 Å². The van der Waals surface area contributed by atoms with Crippen LogP contribution >= 0.6 is 0 Å². The van der Waals surface area contributed by atoms with Crippen LogP contribution in [-0.2, 0) is 554 Å². The molecule has 465 valence electrons. The molecule has 0 atom stereocenters. The maximum Gasteiger partial charge on any atom is 0 e. The van der Waals surface area contributed by atoms with Crippen LogP contribution in [0.15, 0.2) is 0 Å². The third kappa shape index (κ3) is 490. The minimum atomic E-state index is 0. The maximum absolute atomic E-state index is 0. The Kier molecular flexibility index (Phi) is 4180. The zero-order chi connectivity index (χ0) is 0. The first-order valence-corrected chi connectivity index (χ1v) is 0. The van der Waals surface area contributed by atoms with Crippen LogP contribution in [0.1, 0.15) is 0 Å². The van der Waals surface area contributed by atoms with Crippen molar-refractivity contribution < 1.29 is 1680 Å². The van der Waals surface area contributed by atoms with Gasteiger partial charge < -0.3 is 0 Å². The van der Waals surface area contributed by atoms with Gasteiger partial charge in [0.25, 0.3) is 0 Å². The smallest absolute Gasteiger partial charge is 0 e. The first-order chi connectivity index (χ1) is 0. The van der Waals surface area contributed by atoms with Gasteiger partial charge >= 0.3 is 0 Å². The molecule has 0 aromatic heterocycles. The second-order valence-electron chi connectivity index (χ2n) is 0.